The molecule has 0 fully saturated rings. The molecule has 2 aromatic heterocycles. The van der Waals surface area contributed by atoms with Gasteiger partial charge in [0.1, 0.15) is 11.3 Å². The lowest BCUT2D eigenvalue weighted by molar-refractivity contribution is 0.241. The molecule has 1 aliphatic carbocycles. The standard InChI is InChI=1S/C21H20N2O3/c22-7-3-8-23(14-18-6-2-9-25-18)13-17-12-21(24)26-20-11-16-5-1-4-15(16)10-19(17)20/h2,6,9-12H,1,3-5,8,13-14H2. The lowest BCUT2D eigenvalue weighted by Gasteiger charge is -2.21. The predicted octanol–water partition coefficient (Wildman–Crippen LogP) is 3.79. The van der Waals surface area contributed by atoms with Crippen molar-refractivity contribution in [1.29, 1.82) is 5.26 Å². The molecule has 0 N–H and O–H groups in total. The van der Waals surface area contributed by atoms with E-state index < -0.39 is 0 Å². The molecule has 5 nitrogen and oxygen atoms in total. The molecule has 0 aliphatic heterocycles. The number of rotatable bonds is 6. The molecule has 0 saturated heterocycles. The van der Waals surface area contributed by atoms with Crippen molar-refractivity contribution in [3.8, 4) is 6.07 Å². The van der Waals surface area contributed by atoms with E-state index >= 15 is 0 Å². The first-order chi connectivity index (χ1) is 12.7. The third-order valence-corrected chi connectivity index (χ3v) is 4.94. The first-order valence-electron chi connectivity index (χ1n) is 8.93. The van der Waals surface area contributed by atoms with Crippen LogP contribution >= 0.6 is 0 Å². The molecule has 3 aromatic rings. The zero-order chi connectivity index (χ0) is 17.9. The van der Waals surface area contributed by atoms with Gasteiger partial charge in [0, 0.05) is 31.0 Å². The maximum atomic E-state index is 12.1. The molecular formula is C21H20N2O3. The van der Waals surface area contributed by atoms with Crippen LogP contribution in [-0.4, -0.2) is 11.4 Å². The second-order valence-corrected chi connectivity index (χ2v) is 6.76. The number of fused-ring (bicyclic) bond motifs is 2. The lowest BCUT2D eigenvalue weighted by Crippen LogP contribution is -2.24. The molecule has 0 atom stereocenters. The van der Waals surface area contributed by atoms with Gasteiger partial charge in [0.05, 0.1) is 18.9 Å². The predicted molar refractivity (Wildman–Crippen MR) is 97.6 cm³/mol. The Labute approximate surface area is 151 Å². The Hall–Kier alpha value is -2.84. The van der Waals surface area contributed by atoms with Crippen LogP contribution in [0, 0.1) is 11.3 Å². The van der Waals surface area contributed by atoms with Crippen LogP contribution in [0.4, 0.5) is 0 Å². The molecule has 0 saturated carbocycles. The number of benzene rings is 1. The second-order valence-electron chi connectivity index (χ2n) is 6.76. The van der Waals surface area contributed by atoms with Crippen LogP contribution in [0.1, 0.15) is 35.3 Å². The van der Waals surface area contributed by atoms with Gasteiger partial charge in [-0.15, -0.1) is 0 Å². The molecule has 0 spiro atoms. The van der Waals surface area contributed by atoms with E-state index in [0.29, 0.717) is 31.6 Å². The Morgan fingerprint density at radius 2 is 2.00 bits per heavy atom. The van der Waals surface area contributed by atoms with Gasteiger partial charge in [-0.25, -0.2) is 4.79 Å². The zero-order valence-corrected chi connectivity index (χ0v) is 14.5. The average molecular weight is 348 g/mol. The van der Waals surface area contributed by atoms with Crippen molar-refractivity contribution >= 4 is 11.0 Å². The van der Waals surface area contributed by atoms with Crippen molar-refractivity contribution in [2.75, 3.05) is 6.54 Å². The van der Waals surface area contributed by atoms with Crippen LogP contribution in [0.25, 0.3) is 11.0 Å². The van der Waals surface area contributed by atoms with Crippen molar-refractivity contribution in [3.63, 3.8) is 0 Å². The van der Waals surface area contributed by atoms with E-state index in [1.165, 1.54) is 11.1 Å². The largest absolute Gasteiger partial charge is 0.468 e. The summed E-state index contributed by atoms with van der Waals surface area (Å²) in [5.41, 5.74) is 3.91. The van der Waals surface area contributed by atoms with Crippen LogP contribution in [0.2, 0.25) is 0 Å². The molecule has 0 radical (unpaired) electrons. The van der Waals surface area contributed by atoms with E-state index in [1.807, 2.05) is 18.2 Å². The van der Waals surface area contributed by atoms with Gasteiger partial charge < -0.3 is 8.83 Å². The summed E-state index contributed by atoms with van der Waals surface area (Å²) in [4.78, 5) is 14.2. The highest BCUT2D eigenvalue weighted by atomic mass is 16.4. The van der Waals surface area contributed by atoms with E-state index in [-0.39, 0.29) is 5.63 Å². The van der Waals surface area contributed by atoms with E-state index in [2.05, 4.69) is 17.0 Å². The monoisotopic (exact) mass is 348 g/mol. The number of furan rings is 1. The van der Waals surface area contributed by atoms with E-state index in [9.17, 15) is 4.79 Å². The molecule has 4 rings (SSSR count). The van der Waals surface area contributed by atoms with Gasteiger partial charge in [0.25, 0.3) is 0 Å². The highest BCUT2D eigenvalue weighted by Crippen LogP contribution is 2.29. The van der Waals surface area contributed by atoms with Gasteiger partial charge in [0.2, 0.25) is 0 Å². The van der Waals surface area contributed by atoms with Crippen LogP contribution in [0.3, 0.4) is 0 Å². The Morgan fingerprint density at radius 1 is 1.15 bits per heavy atom. The fraction of sp³-hybridized carbons (Fsp3) is 0.333. The third kappa shape index (κ3) is 3.42. The van der Waals surface area contributed by atoms with E-state index in [4.69, 9.17) is 14.1 Å². The lowest BCUT2D eigenvalue weighted by atomic mass is 10.0. The maximum absolute atomic E-state index is 12.1. The summed E-state index contributed by atoms with van der Waals surface area (Å²) in [5.74, 6) is 0.844. The molecule has 5 heteroatoms. The molecule has 0 unspecified atom stereocenters. The van der Waals surface area contributed by atoms with Crippen LogP contribution in [0.5, 0.6) is 0 Å². The van der Waals surface area contributed by atoms with Crippen molar-refractivity contribution in [1.82, 2.24) is 4.90 Å². The van der Waals surface area contributed by atoms with Crippen LogP contribution in [0.15, 0.2) is 50.2 Å². The quantitative estimate of drug-likeness (QED) is 0.634. The van der Waals surface area contributed by atoms with Crippen LogP contribution in [-0.2, 0) is 25.9 Å². The Bertz CT molecular complexity index is 1010. The first-order valence-corrected chi connectivity index (χ1v) is 8.93. The topological polar surface area (TPSA) is 70.4 Å². The van der Waals surface area contributed by atoms with Crippen molar-refractivity contribution in [3.05, 3.63) is 69.5 Å². The molecule has 2 heterocycles. The summed E-state index contributed by atoms with van der Waals surface area (Å²) in [6.07, 6.45) is 5.35. The Morgan fingerprint density at radius 3 is 2.77 bits per heavy atom. The SMILES string of the molecule is N#CCCN(Cc1ccco1)Cc1cc(=O)oc2cc3c(cc12)CCC3. The van der Waals surface area contributed by atoms with Gasteiger partial charge in [-0.3, -0.25) is 4.90 Å². The van der Waals surface area contributed by atoms with E-state index in [0.717, 1.165) is 36.0 Å². The minimum absolute atomic E-state index is 0.330. The molecule has 0 amide bonds. The number of hydrogen-bond donors (Lipinski definition) is 0. The van der Waals surface area contributed by atoms with Gasteiger partial charge >= 0.3 is 5.63 Å². The maximum Gasteiger partial charge on any atom is 0.336 e. The van der Waals surface area contributed by atoms with E-state index in [1.54, 1.807) is 12.3 Å². The average Bonchev–Trinajstić information content (AvgIpc) is 3.29. The molecule has 26 heavy (non-hydrogen) atoms. The highest BCUT2D eigenvalue weighted by Gasteiger charge is 2.17. The highest BCUT2D eigenvalue weighted by molar-refractivity contribution is 5.82. The number of nitrogens with zero attached hydrogens (tertiary/aromatic N) is 2. The summed E-state index contributed by atoms with van der Waals surface area (Å²) in [6, 6.07) is 11.7. The third-order valence-electron chi connectivity index (χ3n) is 4.94. The summed E-state index contributed by atoms with van der Waals surface area (Å²) in [6.45, 7) is 1.79. The minimum atomic E-state index is -0.330. The number of nitriles is 1. The fourth-order valence-electron chi connectivity index (χ4n) is 3.71. The van der Waals surface area contributed by atoms with Gasteiger partial charge in [0.15, 0.2) is 0 Å². The Kier molecular flexibility index (Phi) is 4.59. The zero-order valence-electron chi connectivity index (χ0n) is 14.5. The molecule has 1 aliphatic rings. The van der Waals surface area contributed by atoms with Crippen molar-refractivity contribution in [2.24, 2.45) is 0 Å². The number of aryl methyl sites for hydroxylation is 2. The summed E-state index contributed by atoms with van der Waals surface area (Å²) in [5, 5.41) is 9.96. The fourth-order valence-corrected chi connectivity index (χ4v) is 3.71. The summed E-state index contributed by atoms with van der Waals surface area (Å²) in [7, 11) is 0. The molecule has 0 bridgehead atoms. The van der Waals surface area contributed by atoms with Crippen molar-refractivity contribution < 1.29 is 8.83 Å². The molecular weight excluding hydrogens is 328 g/mol. The van der Waals surface area contributed by atoms with Gasteiger partial charge in [-0.05, 0) is 60.2 Å². The van der Waals surface area contributed by atoms with Gasteiger partial charge in [-0.2, -0.15) is 5.26 Å². The molecule has 132 valence electrons. The summed E-state index contributed by atoms with van der Waals surface area (Å²) >= 11 is 0. The Balaban J connectivity index is 1.69. The summed E-state index contributed by atoms with van der Waals surface area (Å²) < 4.78 is 10.9. The van der Waals surface area contributed by atoms with Gasteiger partial charge in [-0.1, -0.05) is 0 Å². The smallest absolute Gasteiger partial charge is 0.336 e. The molecule has 1 aromatic carbocycles. The van der Waals surface area contributed by atoms with Crippen molar-refractivity contribution in [2.45, 2.75) is 38.8 Å². The first kappa shape index (κ1) is 16.6. The number of hydrogen-bond acceptors (Lipinski definition) is 5. The second kappa shape index (κ2) is 7.19. The van der Waals surface area contributed by atoms with Crippen LogP contribution < -0.4 is 5.63 Å². The minimum Gasteiger partial charge on any atom is -0.468 e. The normalized spacial score (nSPS) is 13.2.